The normalized spacial score (nSPS) is 17.7. The first-order chi connectivity index (χ1) is 8.63. The first-order valence-corrected chi connectivity index (χ1v) is 6.57. The molecule has 0 aliphatic heterocycles. The molecule has 0 heterocycles. The number of benzene rings is 1. The predicted molar refractivity (Wildman–Crippen MR) is 70.3 cm³/mol. The maximum atomic E-state index is 11.6. The van der Waals surface area contributed by atoms with E-state index in [2.05, 4.69) is 0 Å². The highest BCUT2D eigenvalue weighted by atomic mass is 35.5. The molecule has 0 spiro atoms. The van der Waals surface area contributed by atoms with Crippen LogP contribution in [0.4, 0.5) is 0 Å². The van der Waals surface area contributed by atoms with Gasteiger partial charge in [0.2, 0.25) is 0 Å². The molecule has 1 aliphatic carbocycles. The number of halogens is 1. The van der Waals surface area contributed by atoms with E-state index in [4.69, 9.17) is 16.3 Å². The fraction of sp³-hybridized carbons (Fsp3) is 0.500. The monoisotopic (exact) mass is 268 g/mol. The smallest absolute Gasteiger partial charge is 0.311 e. The van der Waals surface area contributed by atoms with Crippen molar-refractivity contribution in [1.82, 2.24) is 0 Å². The molecule has 0 amide bonds. The van der Waals surface area contributed by atoms with E-state index in [1.807, 2.05) is 0 Å². The Balaban J connectivity index is 2.40. The minimum atomic E-state index is -0.789. The number of rotatable bonds is 4. The molecule has 1 aliphatic rings. The Morgan fingerprint density at radius 2 is 2.11 bits per heavy atom. The van der Waals surface area contributed by atoms with Gasteiger partial charge >= 0.3 is 5.97 Å². The lowest BCUT2D eigenvalue weighted by molar-refractivity contribution is -0.140. The van der Waals surface area contributed by atoms with Crippen LogP contribution in [-0.2, 0) is 4.79 Å². The zero-order valence-electron chi connectivity index (χ0n) is 10.4. The molecule has 1 atom stereocenters. The van der Waals surface area contributed by atoms with Crippen LogP contribution >= 0.6 is 11.6 Å². The maximum absolute atomic E-state index is 11.6. The van der Waals surface area contributed by atoms with Gasteiger partial charge in [0.15, 0.2) is 0 Å². The minimum absolute atomic E-state index is 0.190. The summed E-state index contributed by atoms with van der Waals surface area (Å²) in [7, 11) is 1.56. The van der Waals surface area contributed by atoms with Crippen molar-refractivity contribution in [3.63, 3.8) is 0 Å². The van der Waals surface area contributed by atoms with Gasteiger partial charge in [-0.2, -0.15) is 0 Å². The van der Waals surface area contributed by atoms with Crippen LogP contribution in [0.15, 0.2) is 18.2 Å². The van der Waals surface area contributed by atoms with Gasteiger partial charge in [-0.3, -0.25) is 4.79 Å². The van der Waals surface area contributed by atoms with Crippen molar-refractivity contribution in [1.29, 1.82) is 0 Å². The highest BCUT2D eigenvalue weighted by Crippen LogP contribution is 2.41. The van der Waals surface area contributed by atoms with Gasteiger partial charge in [-0.1, -0.05) is 24.4 Å². The van der Waals surface area contributed by atoms with Crippen LogP contribution in [0.3, 0.4) is 0 Å². The van der Waals surface area contributed by atoms with E-state index in [0.29, 0.717) is 16.3 Å². The van der Waals surface area contributed by atoms with Crippen LogP contribution in [0.1, 0.15) is 37.2 Å². The number of carboxylic acid groups (broad SMARTS) is 1. The molecule has 0 radical (unpaired) electrons. The molecule has 2 rings (SSSR count). The molecule has 4 heteroatoms. The molecule has 0 saturated heterocycles. The Morgan fingerprint density at radius 3 is 2.67 bits per heavy atom. The number of ether oxygens (including phenoxy) is 1. The minimum Gasteiger partial charge on any atom is -0.496 e. The summed E-state index contributed by atoms with van der Waals surface area (Å²) in [5, 5.41) is 10.1. The number of carbonyl (C=O) groups is 1. The summed E-state index contributed by atoms with van der Waals surface area (Å²) in [4.78, 5) is 11.6. The topological polar surface area (TPSA) is 46.5 Å². The first-order valence-electron chi connectivity index (χ1n) is 6.19. The van der Waals surface area contributed by atoms with Gasteiger partial charge in [0, 0.05) is 10.6 Å². The number of methoxy groups -OCH3 is 1. The Bertz CT molecular complexity index is 439. The van der Waals surface area contributed by atoms with Crippen LogP contribution in [0, 0.1) is 5.92 Å². The highest BCUT2D eigenvalue weighted by molar-refractivity contribution is 6.30. The Kier molecular flexibility index (Phi) is 4.12. The van der Waals surface area contributed by atoms with E-state index in [-0.39, 0.29) is 5.92 Å². The van der Waals surface area contributed by atoms with Crippen LogP contribution in [0.2, 0.25) is 5.02 Å². The van der Waals surface area contributed by atoms with Crippen LogP contribution in [-0.4, -0.2) is 18.2 Å². The number of carboxylic acids is 1. The molecular weight excluding hydrogens is 252 g/mol. The Hall–Kier alpha value is -1.22. The fourth-order valence-corrected chi connectivity index (χ4v) is 3.01. The predicted octanol–water partition coefficient (Wildman–Crippen LogP) is 3.71. The molecule has 1 N–H and O–H groups in total. The molecule has 1 aromatic rings. The quantitative estimate of drug-likeness (QED) is 0.906. The van der Waals surface area contributed by atoms with Gasteiger partial charge in [-0.05, 0) is 37.0 Å². The molecule has 1 fully saturated rings. The van der Waals surface area contributed by atoms with Crippen molar-refractivity contribution in [2.24, 2.45) is 5.92 Å². The van der Waals surface area contributed by atoms with Gasteiger partial charge in [0.05, 0.1) is 13.0 Å². The summed E-state index contributed by atoms with van der Waals surface area (Å²) in [6.07, 6.45) is 4.15. The van der Waals surface area contributed by atoms with Gasteiger partial charge in [-0.15, -0.1) is 0 Å². The Labute approximate surface area is 112 Å². The summed E-state index contributed by atoms with van der Waals surface area (Å²) in [5.74, 6) is -0.503. The molecule has 1 unspecified atom stereocenters. The van der Waals surface area contributed by atoms with Crippen LogP contribution < -0.4 is 4.74 Å². The van der Waals surface area contributed by atoms with E-state index >= 15 is 0 Å². The Morgan fingerprint density at radius 1 is 1.44 bits per heavy atom. The second-order valence-electron chi connectivity index (χ2n) is 4.75. The van der Waals surface area contributed by atoms with E-state index in [9.17, 15) is 9.90 Å². The zero-order valence-corrected chi connectivity index (χ0v) is 11.1. The summed E-state index contributed by atoms with van der Waals surface area (Å²) in [5.41, 5.74) is 0.699. The third kappa shape index (κ3) is 2.61. The van der Waals surface area contributed by atoms with Gasteiger partial charge in [0.25, 0.3) is 0 Å². The molecule has 18 heavy (non-hydrogen) atoms. The largest absolute Gasteiger partial charge is 0.496 e. The molecule has 98 valence electrons. The van der Waals surface area contributed by atoms with Gasteiger partial charge < -0.3 is 9.84 Å². The van der Waals surface area contributed by atoms with Crippen LogP contribution in [0.5, 0.6) is 5.75 Å². The fourth-order valence-electron chi connectivity index (χ4n) is 2.83. The van der Waals surface area contributed by atoms with E-state index in [0.717, 1.165) is 25.7 Å². The van der Waals surface area contributed by atoms with Crippen molar-refractivity contribution in [3.05, 3.63) is 28.8 Å². The summed E-state index contributed by atoms with van der Waals surface area (Å²) in [6.45, 7) is 0. The second-order valence-corrected chi connectivity index (χ2v) is 5.18. The van der Waals surface area contributed by atoms with Crippen molar-refractivity contribution < 1.29 is 14.6 Å². The highest BCUT2D eigenvalue weighted by Gasteiger charge is 2.33. The molecular formula is C14H17ClO3. The molecule has 1 saturated carbocycles. The van der Waals surface area contributed by atoms with E-state index in [1.54, 1.807) is 25.3 Å². The molecule has 3 nitrogen and oxygen atoms in total. The first kappa shape index (κ1) is 13.2. The lowest BCUT2D eigenvalue weighted by Crippen LogP contribution is -2.20. The number of aliphatic carboxylic acids is 1. The van der Waals surface area contributed by atoms with Gasteiger partial charge in [-0.25, -0.2) is 0 Å². The van der Waals surface area contributed by atoms with E-state index in [1.165, 1.54) is 0 Å². The average Bonchev–Trinajstić information content (AvgIpc) is 2.83. The zero-order chi connectivity index (χ0) is 13.1. The van der Waals surface area contributed by atoms with Crippen LogP contribution in [0.25, 0.3) is 0 Å². The summed E-state index contributed by atoms with van der Waals surface area (Å²) >= 11 is 5.98. The number of hydrogen-bond acceptors (Lipinski definition) is 2. The van der Waals surface area contributed by atoms with Crippen molar-refractivity contribution >= 4 is 17.6 Å². The third-order valence-electron chi connectivity index (χ3n) is 3.66. The summed E-state index contributed by atoms with van der Waals surface area (Å²) < 4.78 is 5.27. The van der Waals surface area contributed by atoms with E-state index < -0.39 is 11.9 Å². The van der Waals surface area contributed by atoms with Crippen molar-refractivity contribution in [2.75, 3.05) is 7.11 Å². The third-order valence-corrected chi connectivity index (χ3v) is 3.90. The standard InChI is InChI=1S/C14H17ClO3/c1-18-12-7-6-10(15)8-11(12)13(14(16)17)9-4-2-3-5-9/h6-9,13H,2-5H2,1H3,(H,16,17). The maximum Gasteiger partial charge on any atom is 0.311 e. The SMILES string of the molecule is COc1ccc(Cl)cc1C(C(=O)O)C1CCCC1. The van der Waals surface area contributed by atoms with Crippen molar-refractivity contribution in [2.45, 2.75) is 31.6 Å². The number of hydrogen-bond donors (Lipinski definition) is 1. The molecule has 0 aromatic heterocycles. The lowest BCUT2D eigenvalue weighted by Gasteiger charge is -2.21. The summed E-state index contributed by atoms with van der Waals surface area (Å²) in [6, 6.07) is 5.18. The average molecular weight is 269 g/mol. The molecule has 1 aromatic carbocycles. The van der Waals surface area contributed by atoms with Crippen molar-refractivity contribution in [3.8, 4) is 5.75 Å². The lowest BCUT2D eigenvalue weighted by atomic mass is 9.84. The molecule has 0 bridgehead atoms. The second kappa shape index (κ2) is 5.61. The van der Waals surface area contributed by atoms with Gasteiger partial charge in [0.1, 0.15) is 5.75 Å².